The molecule has 0 bridgehead atoms. The van der Waals surface area contributed by atoms with Crippen molar-refractivity contribution in [3.05, 3.63) is 73.9 Å². The van der Waals surface area contributed by atoms with Gasteiger partial charge in [0.25, 0.3) is 5.19 Å². The highest BCUT2D eigenvalue weighted by molar-refractivity contribution is 9.10. The summed E-state index contributed by atoms with van der Waals surface area (Å²) in [6, 6.07) is 7.60. The maximum Gasteiger partial charge on any atom is 0.276 e. The molecule has 0 saturated carbocycles. The largest absolute Gasteiger partial charge is 0.467 e. The van der Waals surface area contributed by atoms with Crippen molar-refractivity contribution in [1.82, 2.24) is 39.9 Å². The normalized spacial score (nSPS) is 16.1. The van der Waals surface area contributed by atoms with Crippen LogP contribution in [-0.4, -0.2) is 83.4 Å². The van der Waals surface area contributed by atoms with Crippen LogP contribution < -0.4 is 14.5 Å². The van der Waals surface area contributed by atoms with Crippen molar-refractivity contribution in [3.8, 4) is 5.19 Å². The van der Waals surface area contributed by atoms with Gasteiger partial charge in [-0.2, -0.15) is 0 Å². The zero-order valence-electron chi connectivity index (χ0n) is 32.7. The molecular weight excluding hydrogens is 912 g/mol. The Labute approximate surface area is 364 Å². The van der Waals surface area contributed by atoms with Crippen LogP contribution in [0.25, 0.3) is 20.7 Å². The van der Waals surface area contributed by atoms with Crippen LogP contribution in [0.15, 0.2) is 58.3 Å². The second-order valence-corrected chi connectivity index (χ2v) is 18.5. The number of rotatable bonds is 10. The SMILES string of the molecule is CCCc1cnc(N2CCC(C(C)O)CC2)nc1.CCCc1cnc(N2CCC(C(C)Oc3nc4ccc(Br)nc4s3)CC2)nc1.Clc1nc2ccc(Br)nc2s1. The lowest BCUT2D eigenvalue weighted by Crippen LogP contribution is -2.39. The van der Waals surface area contributed by atoms with Gasteiger partial charge in [0.05, 0.1) is 6.10 Å². The molecule has 304 valence electrons. The number of halogens is 3. The number of aliphatic hydroxyl groups is 1. The van der Waals surface area contributed by atoms with Gasteiger partial charge in [-0.05, 0) is 131 Å². The molecule has 57 heavy (non-hydrogen) atoms. The van der Waals surface area contributed by atoms with Crippen LogP contribution in [0.3, 0.4) is 0 Å². The summed E-state index contributed by atoms with van der Waals surface area (Å²) in [5.41, 5.74) is 4.15. The Morgan fingerprint density at radius 2 is 1.16 bits per heavy atom. The molecule has 17 heteroatoms. The van der Waals surface area contributed by atoms with E-state index in [0.29, 0.717) is 21.5 Å². The van der Waals surface area contributed by atoms with Crippen LogP contribution in [0, 0.1) is 11.8 Å². The third-order valence-electron chi connectivity index (χ3n) is 10.1. The second-order valence-electron chi connectivity index (χ2n) is 14.4. The molecule has 0 aliphatic carbocycles. The van der Waals surface area contributed by atoms with E-state index in [0.717, 1.165) is 119 Å². The molecule has 6 aromatic rings. The van der Waals surface area contributed by atoms with E-state index in [4.69, 9.17) is 16.3 Å². The summed E-state index contributed by atoms with van der Waals surface area (Å²) in [5, 5.41) is 10.3. The highest BCUT2D eigenvalue weighted by Gasteiger charge is 2.27. The average molecular weight is 961 g/mol. The van der Waals surface area contributed by atoms with Crippen molar-refractivity contribution in [3.63, 3.8) is 0 Å². The molecule has 0 spiro atoms. The number of hydrogen-bond acceptors (Lipinski definition) is 14. The number of aliphatic hydroxyl groups excluding tert-OH is 1. The van der Waals surface area contributed by atoms with Gasteiger partial charge in [-0.15, -0.1) is 0 Å². The van der Waals surface area contributed by atoms with Gasteiger partial charge in [0.15, 0.2) is 4.47 Å². The maximum absolute atomic E-state index is 9.58. The molecule has 6 aromatic heterocycles. The molecule has 2 fully saturated rings. The molecule has 2 atom stereocenters. The molecular formula is C40H49Br2ClN10O2S2. The lowest BCUT2D eigenvalue weighted by Gasteiger charge is -2.34. The van der Waals surface area contributed by atoms with Crippen LogP contribution in [0.4, 0.5) is 11.9 Å². The Balaban J connectivity index is 0.000000161. The summed E-state index contributed by atoms with van der Waals surface area (Å²) in [4.78, 5) is 41.5. The molecule has 12 nitrogen and oxygen atoms in total. The number of anilines is 2. The van der Waals surface area contributed by atoms with Gasteiger partial charge in [-0.3, -0.25) is 0 Å². The summed E-state index contributed by atoms with van der Waals surface area (Å²) in [6.07, 6.45) is 16.2. The average Bonchev–Trinajstić information content (AvgIpc) is 3.80. The van der Waals surface area contributed by atoms with Gasteiger partial charge in [0.2, 0.25) is 11.9 Å². The fraction of sp³-hybridized carbons (Fsp3) is 0.500. The lowest BCUT2D eigenvalue weighted by molar-refractivity contribution is 0.109. The third-order valence-corrected chi connectivity index (χ3v) is 12.9. The summed E-state index contributed by atoms with van der Waals surface area (Å²) >= 11 is 15.2. The highest BCUT2D eigenvalue weighted by atomic mass is 79.9. The number of hydrogen-bond donors (Lipinski definition) is 1. The van der Waals surface area contributed by atoms with Gasteiger partial charge >= 0.3 is 0 Å². The molecule has 0 radical (unpaired) electrons. The van der Waals surface area contributed by atoms with E-state index in [-0.39, 0.29) is 12.2 Å². The number of nitrogens with zero attached hydrogens (tertiary/aromatic N) is 10. The first-order valence-corrected chi connectivity index (χ1v) is 23.2. The van der Waals surface area contributed by atoms with E-state index in [1.807, 2.05) is 56.0 Å². The fourth-order valence-electron chi connectivity index (χ4n) is 6.86. The van der Waals surface area contributed by atoms with Gasteiger partial charge in [0, 0.05) is 51.0 Å². The molecule has 2 aliphatic heterocycles. The summed E-state index contributed by atoms with van der Waals surface area (Å²) < 4.78 is 8.33. The van der Waals surface area contributed by atoms with Crippen LogP contribution in [0.5, 0.6) is 5.19 Å². The quantitative estimate of drug-likeness (QED) is 0.131. The first kappa shape index (κ1) is 43.4. The van der Waals surface area contributed by atoms with Crippen LogP contribution in [0.1, 0.15) is 77.3 Å². The zero-order chi connectivity index (χ0) is 40.3. The number of piperidine rings is 2. The molecule has 0 amide bonds. The van der Waals surface area contributed by atoms with Crippen LogP contribution in [-0.2, 0) is 12.8 Å². The first-order valence-electron chi connectivity index (χ1n) is 19.6. The Kier molecular flexibility index (Phi) is 16.2. The van der Waals surface area contributed by atoms with E-state index in [1.165, 1.54) is 33.8 Å². The fourth-order valence-corrected chi connectivity index (χ4v) is 9.56. The van der Waals surface area contributed by atoms with Gasteiger partial charge < -0.3 is 19.6 Å². The minimum Gasteiger partial charge on any atom is -0.467 e. The van der Waals surface area contributed by atoms with Crippen molar-refractivity contribution in [2.75, 3.05) is 36.0 Å². The highest BCUT2D eigenvalue weighted by Crippen LogP contribution is 2.32. The van der Waals surface area contributed by atoms with Crippen molar-refractivity contribution < 1.29 is 9.84 Å². The maximum atomic E-state index is 9.58. The topological polar surface area (TPSA) is 139 Å². The second kappa shape index (κ2) is 21.2. The molecule has 0 aromatic carbocycles. The van der Waals surface area contributed by atoms with E-state index in [9.17, 15) is 5.11 Å². The molecule has 2 saturated heterocycles. The van der Waals surface area contributed by atoms with Crippen molar-refractivity contribution >= 4 is 98.7 Å². The van der Waals surface area contributed by atoms with E-state index in [1.54, 1.807) is 0 Å². The zero-order valence-corrected chi connectivity index (χ0v) is 38.3. The summed E-state index contributed by atoms with van der Waals surface area (Å²) in [7, 11) is 0. The van der Waals surface area contributed by atoms with E-state index >= 15 is 0 Å². The number of aryl methyl sites for hydroxylation is 2. The number of aromatic nitrogens is 8. The molecule has 8 rings (SSSR count). The van der Waals surface area contributed by atoms with E-state index in [2.05, 4.69) is 102 Å². The van der Waals surface area contributed by atoms with Gasteiger partial charge in [-0.1, -0.05) is 61.0 Å². The number of fused-ring (bicyclic) bond motifs is 2. The standard InChI is InChI=1S/C20H24BrN5OS.C14H23N3O.C6H2BrClN2S/c1-3-4-14-11-22-19(23-12-14)26-9-7-15(8-10-26)13(2)27-20-24-16-5-6-17(21)25-18(16)28-20;1-3-4-12-9-15-14(16-10-12)17-7-5-13(6-8-17)11(2)18;7-4-2-1-3-5(10-4)11-6(8)9-3/h5-6,11-13,15H,3-4,7-10H2,1-2H3;9-11,13,18H,3-8H2,1-2H3;1-2H. The van der Waals surface area contributed by atoms with Gasteiger partial charge in [-0.25, -0.2) is 39.9 Å². The third kappa shape index (κ3) is 12.4. The number of pyridine rings is 2. The molecule has 2 unspecified atom stereocenters. The van der Waals surface area contributed by atoms with Gasteiger partial charge in [0.1, 0.15) is 36.0 Å². The van der Waals surface area contributed by atoms with E-state index < -0.39 is 0 Å². The Morgan fingerprint density at radius 3 is 1.63 bits per heavy atom. The molecule has 1 N–H and O–H groups in total. The van der Waals surface area contributed by atoms with Crippen molar-refractivity contribution in [2.45, 2.75) is 91.3 Å². The minimum absolute atomic E-state index is 0.124. The monoisotopic (exact) mass is 958 g/mol. The lowest BCUT2D eigenvalue weighted by atomic mass is 9.92. The molecule has 2 aliphatic rings. The molecule has 8 heterocycles. The summed E-state index contributed by atoms with van der Waals surface area (Å²) in [6.45, 7) is 12.2. The minimum atomic E-state index is -0.194. The Morgan fingerprint density at radius 1 is 0.702 bits per heavy atom. The van der Waals surface area contributed by atoms with Crippen molar-refractivity contribution in [1.29, 1.82) is 0 Å². The Hall–Kier alpha value is -3.15. The number of ether oxygens (including phenoxy) is 1. The smallest absolute Gasteiger partial charge is 0.276 e. The van der Waals surface area contributed by atoms with Crippen molar-refractivity contribution in [2.24, 2.45) is 11.8 Å². The Bertz CT molecular complexity index is 2140. The summed E-state index contributed by atoms with van der Waals surface area (Å²) in [5.74, 6) is 2.61. The predicted octanol–water partition coefficient (Wildman–Crippen LogP) is 10.0. The van der Waals surface area contributed by atoms with Crippen LogP contribution >= 0.6 is 66.1 Å². The van der Waals surface area contributed by atoms with Crippen LogP contribution in [0.2, 0.25) is 4.47 Å². The first-order chi connectivity index (χ1) is 27.6. The predicted molar refractivity (Wildman–Crippen MR) is 239 cm³/mol. The number of thiazole rings is 2.